The standard InChI is InChI=1S/C25H22N4O2S2/c1-2-31-21-10-8-17(9-11-21)22-14-29-20(16-33-25(29)28-22)12-23(30)26-13-19-15-32-24(27-19)18-6-4-3-5-7-18/h3-11,14-16H,2,12-13H2,1H3,(H,26,30). The van der Waals surface area contributed by atoms with E-state index in [0.29, 0.717) is 13.2 Å². The molecule has 1 N–H and O–H groups in total. The SMILES string of the molecule is CCOc1ccc(-c2cn3c(CC(=O)NCc4csc(-c5ccccc5)n4)csc3n2)cc1. The third-order valence-corrected chi connectivity index (χ3v) is 6.95. The van der Waals surface area contributed by atoms with E-state index in [-0.39, 0.29) is 12.3 Å². The van der Waals surface area contributed by atoms with Crippen LogP contribution in [0, 0.1) is 0 Å². The summed E-state index contributed by atoms with van der Waals surface area (Å²) in [7, 11) is 0. The highest BCUT2D eigenvalue weighted by Crippen LogP contribution is 2.26. The summed E-state index contributed by atoms with van der Waals surface area (Å²) in [6, 6.07) is 18.0. The van der Waals surface area contributed by atoms with Crippen molar-refractivity contribution in [2.75, 3.05) is 6.61 Å². The van der Waals surface area contributed by atoms with Gasteiger partial charge in [0.15, 0.2) is 4.96 Å². The Morgan fingerprint density at radius 3 is 2.61 bits per heavy atom. The van der Waals surface area contributed by atoms with Crippen molar-refractivity contribution in [3.05, 3.63) is 82.9 Å². The van der Waals surface area contributed by atoms with E-state index in [0.717, 1.165) is 43.9 Å². The van der Waals surface area contributed by atoms with Crippen LogP contribution >= 0.6 is 22.7 Å². The zero-order chi connectivity index (χ0) is 22.6. The first-order chi connectivity index (χ1) is 16.2. The summed E-state index contributed by atoms with van der Waals surface area (Å²) in [6.45, 7) is 3.02. The van der Waals surface area contributed by atoms with E-state index in [1.807, 2.05) is 82.9 Å². The summed E-state index contributed by atoms with van der Waals surface area (Å²) in [5, 5.41) is 7.92. The molecular formula is C25H22N4O2S2. The molecule has 0 radical (unpaired) electrons. The minimum absolute atomic E-state index is 0.0414. The predicted molar refractivity (Wildman–Crippen MR) is 133 cm³/mol. The van der Waals surface area contributed by atoms with Crippen LogP contribution in [-0.2, 0) is 17.8 Å². The molecule has 0 saturated carbocycles. The molecular weight excluding hydrogens is 452 g/mol. The molecule has 0 aliphatic heterocycles. The summed E-state index contributed by atoms with van der Waals surface area (Å²) in [5.74, 6) is 0.802. The Labute approximate surface area is 199 Å². The fourth-order valence-electron chi connectivity index (χ4n) is 3.50. The molecule has 6 nitrogen and oxygen atoms in total. The quantitative estimate of drug-likeness (QED) is 0.325. The van der Waals surface area contributed by atoms with Gasteiger partial charge in [0, 0.05) is 33.8 Å². The van der Waals surface area contributed by atoms with Crippen LogP contribution in [0.1, 0.15) is 18.3 Å². The Morgan fingerprint density at radius 1 is 1.00 bits per heavy atom. The van der Waals surface area contributed by atoms with Gasteiger partial charge in [-0.2, -0.15) is 0 Å². The van der Waals surface area contributed by atoms with Crippen molar-refractivity contribution in [2.24, 2.45) is 0 Å². The molecule has 0 unspecified atom stereocenters. The maximum Gasteiger partial charge on any atom is 0.226 e. The molecule has 3 aromatic heterocycles. The second-order valence-electron chi connectivity index (χ2n) is 7.43. The summed E-state index contributed by atoms with van der Waals surface area (Å²) in [4.78, 5) is 22.8. The number of thiazole rings is 2. The molecule has 0 atom stereocenters. The van der Waals surface area contributed by atoms with Crippen LogP contribution in [0.4, 0.5) is 0 Å². The minimum atomic E-state index is -0.0414. The molecule has 1 amide bonds. The molecule has 0 fully saturated rings. The zero-order valence-corrected chi connectivity index (χ0v) is 19.7. The van der Waals surface area contributed by atoms with Crippen LogP contribution in [-0.4, -0.2) is 26.9 Å². The van der Waals surface area contributed by atoms with Gasteiger partial charge < -0.3 is 10.1 Å². The van der Waals surface area contributed by atoms with Crippen LogP contribution in [0.2, 0.25) is 0 Å². The van der Waals surface area contributed by atoms with Crippen molar-refractivity contribution in [2.45, 2.75) is 19.9 Å². The number of rotatable bonds is 8. The monoisotopic (exact) mass is 474 g/mol. The van der Waals surface area contributed by atoms with Crippen molar-refractivity contribution < 1.29 is 9.53 Å². The molecule has 5 rings (SSSR count). The van der Waals surface area contributed by atoms with E-state index < -0.39 is 0 Å². The number of aromatic nitrogens is 3. The van der Waals surface area contributed by atoms with Gasteiger partial charge in [0.2, 0.25) is 5.91 Å². The molecule has 3 heterocycles. The van der Waals surface area contributed by atoms with Gasteiger partial charge in [0.05, 0.1) is 31.0 Å². The van der Waals surface area contributed by atoms with E-state index in [1.165, 1.54) is 11.3 Å². The number of fused-ring (bicyclic) bond motifs is 1. The van der Waals surface area contributed by atoms with E-state index in [2.05, 4.69) is 10.3 Å². The molecule has 0 bridgehead atoms. The van der Waals surface area contributed by atoms with E-state index in [4.69, 9.17) is 9.72 Å². The van der Waals surface area contributed by atoms with Crippen molar-refractivity contribution in [3.63, 3.8) is 0 Å². The number of nitrogens with zero attached hydrogens (tertiary/aromatic N) is 3. The summed E-state index contributed by atoms with van der Waals surface area (Å²) < 4.78 is 7.50. The Bertz CT molecular complexity index is 1370. The Balaban J connectivity index is 1.23. The zero-order valence-electron chi connectivity index (χ0n) is 18.0. The normalized spacial score (nSPS) is 11.1. The molecule has 0 saturated heterocycles. The number of nitrogens with one attached hydrogen (secondary N) is 1. The van der Waals surface area contributed by atoms with Gasteiger partial charge >= 0.3 is 0 Å². The minimum Gasteiger partial charge on any atom is -0.494 e. The van der Waals surface area contributed by atoms with Crippen LogP contribution < -0.4 is 10.1 Å². The molecule has 0 aliphatic carbocycles. The summed E-state index contributed by atoms with van der Waals surface area (Å²) >= 11 is 3.12. The average molecular weight is 475 g/mol. The molecule has 166 valence electrons. The van der Waals surface area contributed by atoms with Gasteiger partial charge in [-0.25, -0.2) is 9.97 Å². The third kappa shape index (κ3) is 4.81. The average Bonchev–Trinajstić information content (AvgIpc) is 3.57. The van der Waals surface area contributed by atoms with Crippen molar-refractivity contribution in [3.8, 4) is 27.6 Å². The van der Waals surface area contributed by atoms with Gasteiger partial charge in [-0.3, -0.25) is 9.20 Å². The maximum atomic E-state index is 12.6. The molecule has 8 heteroatoms. The second-order valence-corrected chi connectivity index (χ2v) is 9.12. The lowest BCUT2D eigenvalue weighted by molar-refractivity contribution is -0.120. The number of amides is 1. The first-order valence-electron chi connectivity index (χ1n) is 10.6. The predicted octanol–water partition coefficient (Wildman–Crippen LogP) is 5.44. The fraction of sp³-hybridized carbons (Fsp3) is 0.160. The molecule has 5 aromatic rings. The van der Waals surface area contributed by atoms with Crippen molar-refractivity contribution in [1.29, 1.82) is 0 Å². The number of hydrogen-bond donors (Lipinski definition) is 1. The maximum absolute atomic E-state index is 12.6. The van der Waals surface area contributed by atoms with Gasteiger partial charge in [-0.15, -0.1) is 22.7 Å². The van der Waals surface area contributed by atoms with E-state index >= 15 is 0 Å². The lowest BCUT2D eigenvalue weighted by atomic mass is 10.1. The highest BCUT2D eigenvalue weighted by Gasteiger charge is 2.13. The van der Waals surface area contributed by atoms with Crippen LogP contribution in [0.15, 0.2) is 71.6 Å². The van der Waals surface area contributed by atoms with Gasteiger partial charge in [0.1, 0.15) is 10.8 Å². The first kappa shape index (κ1) is 21.4. The molecule has 0 spiro atoms. The fourth-order valence-corrected chi connectivity index (χ4v) is 5.20. The number of carbonyl (C=O) groups excluding carboxylic acids is 1. The first-order valence-corrected chi connectivity index (χ1v) is 12.4. The Morgan fingerprint density at radius 2 is 1.82 bits per heavy atom. The van der Waals surface area contributed by atoms with Crippen LogP contribution in [0.25, 0.3) is 26.8 Å². The lowest BCUT2D eigenvalue weighted by Crippen LogP contribution is -2.25. The van der Waals surface area contributed by atoms with Crippen LogP contribution in [0.5, 0.6) is 5.75 Å². The number of hydrogen-bond acceptors (Lipinski definition) is 6. The molecule has 33 heavy (non-hydrogen) atoms. The van der Waals surface area contributed by atoms with Gasteiger partial charge in [-0.05, 0) is 31.2 Å². The van der Waals surface area contributed by atoms with E-state index in [1.54, 1.807) is 11.3 Å². The van der Waals surface area contributed by atoms with E-state index in [9.17, 15) is 4.79 Å². The number of ether oxygens (including phenoxy) is 1. The highest BCUT2D eigenvalue weighted by molar-refractivity contribution is 7.15. The summed E-state index contributed by atoms with van der Waals surface area (Å²) in [5.41, 5.74) is 4.76. The van der Waals surface area contributed by atoms with Gasteiger partial charge in [-0.1, -0.05) is 30.3 Å². The van der Waals surface area contributed by atoms with Crippen LogP contribution in [0.3, 0.4) is 0 Å². The third-order valence-electron chi connectivity index (χ3n) is 5.13. The topological polar surface area (TPSA) is 68.5 Å². The smallest absolute Gasteiger partial charge is 0.226 e. The molecule has 0 aliphatic rings. The summed E-state index contributed by atoms with van der Waals surface area (Å²) in [6.07, 6.45) is 2.27. The molecule has 2 aromatic carbocycles. The lowest BCUT2D eigenvalue weighted by Gasteiger charge is -2.03. The van der Waals surface area contributed by atoms with Crippen molar-refractivity contribution in [1.82, 2.24) is 19.7 Å². The second kappa shape index (κ2) is 9.56. The number of benzene rings is 2. The number of carbonyl (C=O) groups is 1. The van der Waals surface area contributed by atoms with Gasteiger partial charge in [0.25, 0.3) is 0 Å². The highest BCUT2D eigenvalue weighted by atomic mass is 32.1. The van der Waals surface area contributed by atoms with Crippen molar-refractivity contribution >= 4 is 33.5 Å². The Hall–Kier alpha value is -3.49. The Kier molecular flexibility index (Phi) is 6.19. The largest absolute Gasteiger partial charge is 0.494 e. The number of imidazole rings is 1.